The minimum atomic E-state index is -1.07. The number of aliphatic hydroxyl groups is 1. The largest absolute Gasteiger partial charge is 0.468 e. The molecule has 0 aliphatic heterocycles. The number of hydrogen-bond donors (Lipinski definition) is 1. The van der Waals surface area contributed by atoms with Crippen LogP contribution in [-0.2, 0) is 14.3 Å². The first kappa shape index (κ1) is 13.7. The minimum Gasteiger partial charge on any atom is -0.468 e. The van der Waals surface area contributed by atoms with E-state index in [2.05, 4.69) is 0 Å². The van der Waals surface area contributed by atoms with E-state index < -0.39 is 17.5 Å². The quantitative estimate of drug-likeness (QED) is 0.650. The molecular formula is C15H18O4. The van der Waals surface area contributed by atoms with Crippen LogP contribution in [0.4, 0.5) is 0 Å². The van der Waals surface area contributed by atoms with Crippen molar-refractivity contribution in [2.24, 2.45) is 5.92 Å². The van der Waals surface area contributed by atoms with E-state index in [1.165, 1.54) is 7.11 Å². The molecule has 1 fully saturated rings. The average Bonchev–Trinajstić information content (AvgIpc) is 2.37. The summed E-state index contributed by atoms with van der Waals surface area (Å²) in [6.45, 7) is 1.63. The minimum absolute atomic E-state index is 0.00387. The number of esters is 1. The summed E-state index contributed by atoms with van der Waals surface area (Å²) >= 11 is 0. The Morgan fingerprint density at radius 1 is 1.37 bits per heavy atom. The second kappa shape index (κ2) is 5.13. The van der Waals surface area contributed by atoms with Gasteiger partial charge in [0.05, 0.1) is 12.7 Å². The van der Waals surface area contributed by atoms with Crippen molar-refractivity contribution in [1.82, 2.24) is 0 Å². The van der Waals surface area contributed by atoms with Crippen LogP contribution in [-0.4, -0.2) is 29.6 Å². The molecule has 0 spiro atoms. The molecular weight excluding hydrogens is 244 g/mol. The van der Waals surface area contributed by atoms with Crippen molar-refractivity contribution in [1.29, 1.82) is 0 Å². The van der Waals surface area contributed by atoms with Crippen molar-refractivity contribution in [2.75, 3.05) is 7.11 Å². The average molecular weight is 262 g/mol. The second-order valence-electron chi connectivity index (χ2n) is 5.36. The Labute approximate surface area is 112 Å². The number of Topliss-reactive ketones (excluding diaryl/α,β-unsaturated/α-hetero) is 1. The van der Waals surface area contributed by atoms with Gasteiger partial charge in [-0.3, -0.25) is 9.59 Å². The molecule has 1 saturated carbocycles. The lowest BCUT2D eigenvalue weighted by atomic mass is 9.69. The molecule has 0 heterocycles. The third-order valence-electron chi connectivity index (χ3n) is 3.65. The normalized spacial score (nSPS) is 31.0. The summed E-state index contributed by atoms with van der Waals surface area (Å²) in [5.74, 6) is -1.91. The molecule has 3 unspecified atom stereocenters. The summed E-state index contributed by atoms with van der Waals surface area (Å²) in [6.07, 6.45) is 0.374. The van der Waals surface area contributed by atoms with Gasteiger partial charge in [0.2, 0.25) is 0 Å². The summed E-state index contributed by atoms with van der Waals surface area (Å²) < 4.78 is 4.74. The van der Waals surface area contributed by atoms with E-state index in [1.807, 2.05) is 30.3 Å². The molecule has 0 amide bonds. The summed E-state index contributed by atoms with van der Waals surface area (Å²) in [5, 5.41) is 10.2. The molecule has 1 aliphatic rings. The van der Waals surface area contributed by atoms with Gasteiger partial charge in [0.1, 0.15) is 5.92 Å². The van der Waals surface area contributed by atoms with Crippen molar-refractivity contribution < 1.29 is 19.4 Å². The Balaban J connectivity index is 2.39. The summed E-state index contributed by atoms with van der Waals surface area (Å²) in [4.78, 5) is 24.0. The van der Waals surface area contributed by atoms with Gasteiger partial charge in [-0.15, -0.1) is 0 Å². The predicted octanol–water partition coefficient (Wildman–Crippen LogP) is 1.67. The van der Waals surface area contributed by atoms with Crippen LogP contribution in [0, 0.1) is 5.92 Å². The van der Waals surface area contributed by atoms with Gasteiger partial charge in [-0.2, -0.15) is 0 Å². The maximum atomic E-state index is 12.1. The van der Waals surface area contributed by atoms with Crippen molar-refractivity contribution in [3.05, 3.63) is 35.9 Å². The monoisotopic (exact) mass is 262 g/mol. The van der Waals surface area contributed by atoms with Crippen LogP contribution in [0.3, 0.4) is 0 Å². The Bertz CT molecular complexity index is 478. The van der Waals surface area contributed by atoms with E-state index in [-0.39, 0.29) is 18.1 Å². The molecule has 102 valence electrons. The smallest absolute Gasteiger partial charge is 0.316 e. The van der Waals surface area contributed by atoms with Crippen molar-refractivity contribution >= 4 is 11.8 Å². The maximum Gasteiger partial charge on any atom is 0.316 e. The highest BCUT2D eigenvalue weighted by molar-refractivity contribution is 6.01. The molecule has 1 aromatic rings. The molecule has 0 radical (unpaired) electrons. The zero-order valence-electron chi connectivity index (χ0n) is 11.1. The molecule has 19 heavy (non-hydrogen) atoms. The second-order valence-corrected chi connectivity index (χ2v) is 5.36. The van der Waals surface area contributed by atoms with E-state index in [0.717, 1.165) is 5.56 Å². The van der Waals surface area contributed by atoms with Gasteiger partial charge in [-0.1, -0.05) is 30.3 Å². The van der Waals surface area contributed by atoms with Crippen LogP contribution < -0.4 is 0 Å². The predicted molar refractivity (Wildman–Crippen MR) is 69.6 cm³/mol. The van der Waals surface area contributed by atoms with Crippen molar-refractivity contribution in [2.45, 2.75) is 31.3 Å². The molecule has 1 aliphatic carbocycles. The van der Waals surface area contributed by atoms with E-state index in [9.17, 15) is 14.7 Å². The number of carbonyl (C=O) groups excluding carboxylic acids is 2. The van der Waals surface area contributed by atoms with E-state index in [0.29, 0.717) is 6.42 Å². The number of hydrogen-bond acceptors (Lipinski definition) is 4. The van der Waals surface area contributed by atoms with Crippen LogP contribution in [0.15, 0.2) is 30.3 Å². The van der Waals surface area contributed by atoms with Crippen molar-refractivity contribution in [3.8, 4) is 0 Å². The third-order valence-corrected chi connectivity index (χ3v) is 3.65. The first-order chi connectivity index (χ1) is 8.94. The highest BCUT2D eigenvalue weighted by Gasteiger charge is 2.46. The summed E-state index contributed by atoms with van der Waals surface area (Å²) in [6, 6.07) is 9.33. The molecule has 1 N–H and O–H groups in total. The third kappa shape index (κ3) is 2.84. The molecule has 0 saturated heterocycles. The standard InChI is InChI=1S/C15H18O4/c1-15(18)8-11(10-6-4-3-5-7-10)13(12(16)9-15)14(17)19-2/h3-7,11,13,18H,8-9H2,1-2H3. The number of ether oxygens (including phenoxy) is 1. The molecule has 1 aromatic carbocycles. The van der Waals surface area contributed by atoms with Gasteiger partial charge in [-0.05, 0) is 18.9 Å². The highest BCUT2D eigenvalue weighted by atomic mass is 16.5. The highest BCUT2D eigenvalue weighted by Crippen LogP contribution is 2.41. The molecule has 0 bridgehead atoms. The molecule has 0 aromatic heterocycles. The van der Waals surface area contributed by atoms with Crippen LogP contribution in [0.1, 0.15) is 31.2 Å². The molecule has 4 heteroatoms. The van der Waals surface area contributed by atoms with E-state index >= 15 is 0 Å². The Morgan fingerprint density at radius 2 is 2.00 bits per heavy atom. The molecule has 4 nitrogen and oxygen atoms in total. The van der Waals surface area contributed by atoms with Crippen LogP contribution >= 0.6 is 0 Å². The zero-order chi connectivity index (χ0) is 14.0. The first-order valence-corrected chi connectivity index (χ1v) is 6.32. The van der Waals surface area contributed by atoms with Gasteiger partial charge in [0.25, 0.3) is 0 Å². The zero-order valence-corrected chi connectivity index (χ0v) is 11.1. The fourth-order valence-corrected chi connectivity index (χ4v) is 2.81. The number of methoxy groups -OCH3 is 1. The van der Waals surface area contributed by atoms with E-state index in [4.69, 9.17) is 4.74 Å². The lowest BCUT2D eigenvalue weighted by molar-refractivity contribution is -0.155. The van der Waals surface area contributed by atoms with Crippen LogP contribution in [0.5, 0.6) is 0 Å². The molecule has 2 rings (SSSR count). The van der Waals surface area contributed by atoms with Gasteiger partial charge in [-0.25, -0.2) is 0 Å². The lowest BCUT2D eigenvalue weighted by Crippen LogP contribution is -2.45. The fourth-order valence-electron chi connectivity index (χ4n) is 2.81. The van der Waals surface area contributed by atoms with Gasteiger partial charge < -0.3 is 9.84 Å². The van der Waals surface area contributed by atoms with Gasteiger partial charge in [0, 0.05) is 12.3 Å². The SMILES string of the molecule is COC(=O)C1C(=O)CC(C)(O)CC1c1ccccc1. The maximum absolute atomic E-state index is 12.1. The topological polar surface area (TPSA) is 63.6 Å². The lowest BCUT2D eigenvalue weighted by Gasteiger charge is -2.37. The van der Waals surface area contributed by atoms with Crippen LogP contribution in [0.2, 0.25) is 0 Å². The Kier molecular flexibility index (Phi) is 3.71. The molecule has 3 atom stereocenters. The van der Waals surface area contributed by atoms with Gasteiger partial charge >= 0.3 is 5.97 Å². The number of rotatable bonds is 2. The number of carbonyl (C=O) groups is 2. The number of benzene rings is 1. The number of ketones is 1. The van der Waals surface area contributed by atoms with Crippen molar-refractivity contribution in [3.63, 3.8) is 0 Å². The fraction of sp³-hybridized carbons (Fsp3) is 0.467. The summed E-state index contributed by atoms with van der Waals surface area (Å²) in [5.41, 5.74) is -0.187. The first-order valence-electron chi connectivity index (χ1n) is 6.32. The Morgan fingerprint density at radius 3 is 2.58 bits per heavy atom. The summed E-state index contributed by atoms with van der Waals surface area (Å²) in [7, 11) is 1.28. The van der Waals surface area contributed by atoms with E-state index in [1.54, 1.807) is 6.92 Å². The van der Waals surface area contributed by atoms with Crippen LogP contribution in [0.25, 0.3) is 0 Å². The van der Waals surface area contributed by atoms with Gasteiger partial charge in [0.15, 0.2) is 5.78 Å². The Hall–Kier alpha value is -1.68.